The maximum Gasteiger partial charge on any atom is 0.258 e. The normalized spacial score (nSPS) is 15.1. The summed E-state index contributed by atoms with van der Waals surface area (Å²) in [7, 11) is 0. The number of aryl methyl sites for hydroxylation is 1. The van der Waals surface area contributed by atoms with Crippen molar-refractivity contribution in [3.8, 4) is 11.5 Å². The van der Waals surface area contributed by atoms with Crippen LogP contribution in [0.2, 0.25) is 0 Å². The molecule has 1 saturated carbocycles. The predicted octanol–water partition coefficient (Wildman–Crippen LogP) is 1.69. The Kier molecular flexibility index (Phi) is 2.60. The van der Waals surface area contributed by atoms with Crippen LogP contribution < -0.4 is 5.32 Å². The van der Waals surface area contributed by atoms with Gasteiger partial charge in [-0.25, -0.2) is 0 Å². The molecule has 0 aliphatic heterocycles. The quantitative estimate of drug-likeness (QED) is 0.866. The second kappa shape index (κ2) is 4.25. The van der Waals surface area contributed by atoms with Gasteiger partial charge in [0.1, 0.15) is 0 Å². The minimum absolute atomic E-state index is 0.567. The Morgan fingerprint density at radius 1 is 1.47 bits per heavy atom. The fraction of sp³-hybridized carbons (Fsp3) is 0.417. The largest absolute Gasteiger partial charge is 0.334 e. The first-order valence-electron chi connectivity index (χ1n) is 5.80. The van der Waals surface area contributed by atoms with Gasteiger partial charge in [0, 0.05) is 24.0 Å². The van der Waals surface area contributed by atoms with Crippen LogP contribution in [0.3, 0.4) is 0 Å². The molecular formula is C12H14N4O. The Bertz CT molecular complexity index is 519. The van der Waals surface area contributed by atoms with Crippen molar-refractivity contribution in [2.45, 2.75) is 32.4 Å². The van der Waals surface area contributed by atoms with E-state index in [2.05, 4.69) is 20.4 Å². The van der Waals surface area contributed by atoms with Gasteiger partial charge in [-0.3, -0.25) is 4.98 Å². The van der Waals surface area contributed by atoms with Crippen molar-refractivity contribution in [2.24, 2.45) is 0 Å². The maximum absolute atomic E-state index is 5.26. The van der Waals surface area contributed by atoms with Crippen molar-refractivity contribution >= 4 is 0 Å². The van der Waals surface area contributed by atoms with Crippen LogP contribution in [-0.2, 0) is 6.54 Å². The van der Waals surface area contributed by atoms with Crippen molar-refractivity contribution < 1.29 is 4.52 Å². The third kappa shape index (κ3) is 2.34. The smallest absolute Gasteiger partial charge is 0.258 e. The predicted molar refractivity (Wildman–Crippen MR) is 62.1 cm³/mol. The Hall–Kier alpha value is -1.75. The number of aromatic nitrogens is 3. The van der Waals surface area contributed by atoms with Crippen LogP contribution in [-0.4, -0.2) is 21.2 Å². The van der Waals surface area contributed by atoms with Crippen LogP contribution >= 0.6 is 0 Å². The zero-order valence-corrected chi connectivity index (χ0v) is 9.68. The van der Waals surface area contributed by atoms with Crippen LogP contribution in [0.5, 0.6) is 0 Å². The fourth-order valence-electron chi connectivity index (χ4n) is 1.67. The van der Waals surface area contributed by atoms with E-state index < -0.39 is 0 Å². The summed E-state index contributed by atoms with van der Waals surface area (Å²) < 4.78 is 5.26. The molecule has 1 aliphatic rings. The highest BCUT2D eigenvalue weighted by Crippen LogP contribution is 2.21. The Morgan fingerprint density at radius 3 is 3.12 bits per heavy atom. The number of nitrogens with zero attached hydrogens (tertiary/aromatic N) is 3. The van der Waals surface area contributed by atoms with Crippen molar-refractivity contribution in [2.75, 3.05) is 0 Å². The molecule has 0 unspecified atom stereocenters. The molecule has 1 N–H and O–H groups in total. The molecule has 0 aromatic carbocycles. The molecule has 2 heterocycles. The van der Waals surface area contributed by atoms with Crippen LogP contribution in [0.1, 0.15) is 24.2 Å². The van der Waals surface area contributed by atoms with Crippen molar-refractivity contribution in [1.29, 1.82) is 0 Å². The monoisotopic (exact) mass is 230 g/mol. The highest BCUT2D eigenvalue weighted by Gasteiger charge is 2.21. The number of hydrogen-bond acceptors (Lipinski definition) is 5. The average Bonchev–Trinajstić information content (AvgIpc) is 3.06. The second-order valence-corrected chi connectivity index (χ2v) is 4.36. The van der Waals surface area contributed by atoms with Crippen molar-refractivity contribution in [1.82, 2.24) is 20.4 Å². The lowest BCUT2D eigenvalue weighted by atomic mass is 10.1. The molecule has 88 valence electrons. The highest BCUT2D eigenvalue weighted by molar-refractivity contribution is 5.56. The topological polar surface area (TPSA) is 63.8 Å². The van der Waals surface area contributed by atoms with Crippen molar-refractivity contribution in [3.05, 3.63) is 29.8 Å². The van der Waals surface area contributed by atoms with Gasteiger partial charge in [0.05, 0.1) is 6.54 Å². The van der Waals surface area contributed by atoms with E-state index in [-0.39, 0.29) is 0 Å². The SMILES string of the molecule is Cc1cnccc1-c1nc(CNC2CC2)no1. The van der Waals surface area contributed by atoms with Gasteiger partial charge in [0.15, 0.2) is 5.82 Å². The van der Waals surface area contributed by atoms with Gasteiger partial charge < -0.3 is 9.84 Å². The first-order valence-corrected chi connectivity index (χ1v) is 5.80. The number of pyridine rings is 1. The van der Waals surface area contributed by atoms with Crippen LogP contribution in [0.25, 0.3) is 11.5 Å². The van der Waals surface area contributed by atoms with Gasteiger partial charge in [0.2, 0.25) is 0 Å². The van der Waals surface area contributed by atoms with Crippen LogP contribution in [0, 0.1) is 6.92 Å². The lowest BCUT2D eigenvalue weighted by molar-refractivity contribution is 0.419. The minimum Gasteiger partial charge on any atom is -0.334 e. The minimum atomic E-state index is 0.567. The van der Waals surface area contributed by atoms with Gasteiger partial charge in [0.25, 0.3) is 5.89 Å². The summed E-state index contributed by atoms with van der Waals surface area (Å²) in [6, 6.07) is 2.54. The molecule has 5 heteroatoms. The molecule has 1 aliphatic carbocycles. The first-order chi connectivity index (χ1) is 8.33. The fourth-order valence-corrected chi connectivity index (χ4v) is 1.67. The van der Waals surface area contributed by atoms with Crippen LogP contribution in [0.15, 0.2) is 23.0 Å². The molecule has 1 fully saturated rings. The van der Waals surface area contributed by atoms with E-state index in [0.29, 0.717) is 24.3 Å². The zero-order chi connectivity index (χ0) is 11.7. The summed E-state index contributed by atoms with van der Waals surface area (Å²) in [5.41, 5.74) is 1.99. The number of nitrogens with one attached hydrogen (secondary N) is 1. The second-order valence-electron chi connectivity index (χ2n) is 4.36. The molecule has 0 radical (unpaired) electrons. The molecule has 3 rings (SSSR count). The van der Waals surface area contributed by atoms with Crippen molar-refractivity contribution in [3.63, 3.8) is 0 Å². The lowest BCUT2D eigenvalue weighted by Crippen LogP contribution is -2.16. The Morgan fingerprint density at radius 2 is 2.35 bits per heavy atom. The van der Waals surface area contributed by atoms with Gasteiger partial charge in [-0.05, 0) is 31.4 Å². The molecule has 17 heavy (non-hydrogen) atoms. The molecular weight excluding hydrogens is 216 g/mol. The summed E-state index contributed by atoms with van der Waals surface area (Å²) in [6.07, 6.45) is 6.04. The zero-order valence-electron chi connectivity index (χ0n) is 9.68. The molecule has 0 spiro atoms. The average molecular weight is 230 g/mol. The van der Waals surface area contributed by atoms with E-state index >= 15 is 0 Å². The summed E-state index contributed by atoms with van der Waals surface area (Å²) in [6.45, 7) is 2.66. The van der Waals surface area contributed by atoms with Gasteiger partial charge in [-0.1, -0.05) is 5.16 Å². The standard InChI is InChI=1S/C12H14N4O/c1-8-6-13-5-4-10(8)12-15-11(16-17-12)7-14-9-2-3-9/h4-6,9,14H,2-3,7H2,1H3. The van der Waals surface area contributed by atoms with Crippen LogP contribution in [0.4, 0.5) is 0 Å². The molecule has 2 aromatic rings. The molecule has 2 aromatic heterocycles. The van der Waals surface area contributed by atoms with E-state index in [4.69, 9.17) is 4.52 Å². The summed E-state index contributed by atoms with van der Waals surface area (Å²) >= 11 is 0. The van der Waals surface area contributed by atoms with Gasteiger partial charge in [-0.2, -0.15) is 4.98 Å². The maximum atomic E-state index is 5.26. The summed E-state index contributed by atoms with van der Waals surface area (Å²) in [5, 5.41) is 7.32. The van der Waals surface area contributed by atoms with E-state index in [1.54, 1.807) is 12.4 Å². The van der Waals surface area contributed by atoms with E-state index in [0.717, 1.165) is 11.1 Å². The Balaban J connectivity index is 1.77. The number of hydrogen-bond donors (Lipinski definition) is 1. The highest BCUT2D eigenvalue weighted by atomic mass is 16.5. The third-order valence-corrected chi connectivity index (χ3v) is 2.84. The molecule has 0 saturated heterocycles. The van der Waals surface area contributed by atoms with E-state index in [1.165, 1.54) is 12.8 Å². The molecule has 5 nitrogen and oxygen atoms in total. The first kappa shape index (κ1) is 10.4. The third-order valence-electron chi connectivity index (χ3n) is 2.84. The van der Waals surface area contributed by atoms with Gasteiger partial charge in [-0.15, -0.1) is 0 Å². The lowest BCUT2D eigenvalue weighted by Gasteiger charge is -1.97. The Labute approximate surface area is 99.3 Å². The van der Waals surface area contributed by atoms with E-state index in [9.17, 15) is 0 Å². The van der Waals surface area contributed by atoms with E-state index in [1.807, 2.05) is 13.0 Å². The number of rotatable bonds is 4. The molecule has 0 amide bonds. The van der Waals surface area contributed by atoms with Gasteiger partial charge >= 0.3 is 0 Å². The molecule has 0 atom stereocenters. The molecule has 0 bridgehead atoms. The summed E-state index contributed by atoms with van der Waals surface area (Å²) in [5.74, 6) is 1.28. The summed E-state index contributed by atoms with van der Waals surface area (Å²) in [4.78, 5) is 8.42.